The largest absolute Gasteiger partial charge is 0.310 e. The first kappa shape index (κ1) is 39.4. The van der Waals surface area contributed by atoms with Gasteiger partial charge in [0.15, 0.2) is 0 Å². The summed E-state index contributed by atoms with van der Waals surface area (Å²) in [6, 6.07) is 88.5. The molecule has 0 N–H and O–H groups in total. The Labute approximate surface area is 394 Å². The number of hydrogen-bond donors (Lipinski definition) is 0. The minimum atomic E-state index is -0.545. The minimum Gasteiger partial charge on any atom is -0.310 e. The number of para-hydroxylation sites is 2. The molecule has 0 saturated heterocycles. The lowest BCUT2D eigenvalue weighted by Crippen LogP contribution is -2.26. The van der Waals surface area contributed by atoms with Crippen molar-refractivity contribution in [3.63, 3.8) is 0 Å². The van der Waals surface area contributed by atoms with Gasteiger partial charge < -0.3 is 9.80 Å². The fourth-order valence-electron chi connectivity index (χ4n) is 12.0. The van der Waals surface area contributed by atoms with Gasteiger partial charge in [0.1, 0.15) is 0 Å². The monoisotopic (exact) mass is 858 g/mol. The first-order chi connectivity index (χ1) is 33.2. The number of nitrogens with zero attached hydrogens (tertiary/aromatic N) is 2. The fraction of sp³-hybridized carbons (Fsp3) is 0.108. The second-order valence-corrected chi connectivity index (χ2v) is 18.7. The van der Waals surface area contributed by atoms with E-state index in [0.717, 1.165) is 28.4 Å². The van der Waals surface area contributed by atoms with E-state index < -0.39 is 5.41 Å². The molecule has 0 aromatic heterocycles. The maximum atomic E-state index is 2.51. The highest BCUT2D eigenvalue weighted by atomic mass is 15.1. The Bertz CT molecular complexity index is 3430. The second-order valence-electron chi connectivity index (χ2n) is 18.7. The third-order valence-corrected chi connectivity index (χ3v) is 15.0. The van der Waals surface area contributed by atoms with Crippen molar-refractivity contribution in [3.8, 4) is 33.4 Å². The molecule has 1 unspecified atom stereocenters. The molecule has 2 heteroatoms. The average Bonchev–Trinajstić information content (AvgIpc) is 3.87. The van der Waals surface area contributed by atoms with Gasteiger partial charge in [0, 0.05) is 34.1 Å². The Morgan fingerprint density at radius 1 is 0.299 bits per heavy atom. The van der Waals surface area contributed by atoms with Gasteiger partial charge in [-0.3, -0.25) is 0 Å². The van der Waals surface area contributed by atoms with Gasteiger partial charge in [0.2, 0.25) is 0 Å². The molecule has 10 aromatic rings. The van der Waals surface area contributed by atoms with E-state index in [1.807, 2.05) is 0 Å². The van der Waals surface area contributed by atoms with Crippen molar-refractivity contribution in [1.29, 1.82) is 0 Å². The third-order valence-electron chi connectivity index (χ3n) is 15.0. The molecule has 0 radical (unpaired) electrons. The predicted molar refractivity (Wildman–Crippen MR) is 281 cm³/mol. The fourth-order valence-corrected chi connectivity index (χ4v) is 12.0. The number of rotatable bonds is 8. The minimum absolute atomic E-state index is 0.545. The van der Waals surface area contributed by atoms with Gasteiger partial charge in [-0.05, 0) is 170 Å². The van der Waals surface area contributed by atoms with Crippen molar-refractivity contribution in [1.82, 2.24) is 0 Å². The molecule has 0 bridgehead atoms. The van der Waals surface area contributed by atoms with E-state index in [9.17, 15) is 0 Å². The quantitative estimate of drug-likeness (QED) is 0.150. The summed E-state index contributed by atoms with van der Waals surface area (Å²) >= 11 is 0. The van der Waals surface area contributed by atoms with Crippen LogP contribution in [-0.4, -0.2) is 0 Å². The molecule has 3 aliphatic carbocycles. The van der Waals surface area contributed by atoms with Gasteiger partial charge in [0.05, 0.1) is 5.41 Å². The maximum absolute atomic E-state index is 2.51. The van der Waals surface area contributed by atoms with Crippen LogP contribution in [0.2, 0.25) is 0 Å². The van der Waals surface area contributed by atoms with Crippen LogP contribution >= 0.6 is 0 Å². The number of fused-ring (bicyclic) bond motifs is 11. The number of hydrogen-bond acceptors (Lipinski definition) is 2. The summed E-state index contributed by atoms with van der Waals surface area (Å²) in [4.78, 5) is 4.90. The lowest BCUT2D eigenvalue weighted by molar-refractivity contribution is 0.443. The van der Waals surface area contributed by atoms with Gasteiger partial charge in [0.25, 0.3) is 0 Å². The molecule has 0 heterocycles. The van der Waals surface area contributed by atoms with Gasteiger partial charge >= 0.3 is 0 Å². The lowest BCUT2D eigenvalue weighted by atomic mass is 9.70. The van der Waals surface area contributed by atoms with E-state index in [1.165, 1.54) is 110 Å². The highest BCUT2D eigenvalue weighted by Crippen LogP contribution is 2.64. The predicted octanol–water partition coefficient (Wildman–Crippen LogP) is 17.8. The molecule has 10 aromatic carbocycles. The summed E-state index contributed by atoms with van der Waals surface area (Å²) in [5, 5.41) is 2.43. The first-order valence-electron chi connectivity index (χ1n) is 24.1. The highest BCUT2D eigenvalue weighted by Gasteiger charge is 2.52. The Balaban J connectivity index is 0.992. The third kappa shape index (κ3) is 6.46. The zero-order valence-electron chi connectivity index (χ0n) is 37.5. The Morgan fingerprint density at radius 2 is 0.731 bits per heavy atom. The Hall–Kier alpha value is -7.94. The number of anilines is 6. The molecule has 1 atom stereocenters. The molecule has 320 valence electrons. The summed E-state index contributed by atoms with van der Waals surface area (Å²) in [5.74, 6) is 0.658. The smallest absolute Gasteiger partial charge is 0.0727 e. The van der Waals surface area contributed by atoms with Crippen molar-refractivity contribution >= 4 is 44.9 Å². The molecule has 0 amide bonds. The summed E-state index contributed by atoms with van der Waals surface area (Å²) in [6.07, 6.45) is 6.62. The molecule has 1 spiro atoms. The van der Waals surface area contributed by atoms with E-state index in [1.54, 1.807) is 0 Å². The van der Waals surface area contributed by atoms with Crippen molar-refractivity contribution in [3.05, 3.63) is 264 Å². The average molecular weight is 859 g/mol. The van der Waals surface area contributed by atoms with Crippen molar-refractivity contribution in [2.24, 2.45) is 0 Å². The van der Waals surface area contributed by atoms with Crippen LogP contribution in [0, 0.1) is 0 Å². The molecule has 13 rings (SSSR count). The van der Waals surface area contributed by atoms with Crippen molar-refractivity contribution in [2.75, 3.05) is 9.80 Å². The van der Waals surface area contributed by atoms with Gasteiger partial charge in [-0.1, -0.05) is 177 Å². The Kier molecular flexibility index (Phi) is 9.53. The van der Waals surface area contributed by atoms with Gasteiger partial charge in [-0.25, -0.2) is 0 Å². The standard InChI is InChI=1S/C65H50N2/c1-5-17-45(18-6-1)47-31-34-53(35-32-47)66(51-21-9-3-10-22-51)55-37-39-59-57-25-13-15-27-61(57)65(63(59)43-55)62-28-16-14-26-58(62)60-40-38-56(44-64(60)65)67(52-23-11-4-12-24-52)54-36-33-49-41-48(29-30-50(49)42-54)46-19-7-2-8-20-46/h2-4,7-16,19-45H,1,5-6,17-18H2. The lowest BCUT2D eigenvalue weighted by Gasteiger charge is -2.33. The summed E-state index contributed by atoms with van der Waals surface area (Å²) < 4.78 is 0. The van der Waals surface area contributed by atoms with Crippen LogP contribution in [-0.2, 0) is 5.41 Å². The molecular formula is C65H50N2. The number of benzene rings is 10. The normalized spacial score (nSPS) is 15.8. The van der Waals surface area contributed by atoms with Crippen LogP contribution in [0.1, 0.15) is 65.8 Å². The second kappa shape index (κ2) is 16.2. The van der Waals surface area contributed by atoms with E-state index in [0.29, 0.717) is 5.92 Å². The molecule has 1 fully saturated rings. The van der Waals surface area contributed by atoms with Crippen LogP contribution in [0.25, 0.3) is 44.2 Å². The van der Waals surface area contributed by atoms with E-state index in [4.69, 9.17) is 0 Å². The molecular weight excluding hydrogens is 809 g/mol. The maximum Gasteiger partial charge on any atom is 0.0727 e. The zero-order valence-corrected chi connectivity index (χ0v) is 37.5. The molecule has 3 aliphatic rings. The zero-order chi connectivity index (χ0) is 44.3. The highest BCUT2D eigenvalue weighted by molar-refractivity contribution is 5.98. The van der Waals surface area contributed by atoms with E-state index in [-0.39, 0.29) is 0 Å². The molecule has 1 saturated carbocycles. The summed E-state index contributed by atoms with van der Waals surface area (Å²) in [6.45, 7) is 0. The first-order valence-corrected chi connectivity index (χ1v) is 24.1. The molecule has 2 nitrogen and oxygen atoms in total. The molecule has 0 aliphatic heterocycles. The molecule has 67 heavy (non-hydrogen) atoms. The van der Waals surface area contributed by atoms with Gasteiger partial charge in [-0.2, -0.15) is 0 Å². The van der Waals surface area contributed by atoms with Crippen molar-refractivity contribution < 1.29 is 0 Å². The van der Waals surface area contributed by atoms with Crippen LogP contribution in [0.3, 0.4) is 0 Å². The van der Waals surface area contributed by atoms with Crippen LogP contribution < -0.4 is 9.80 Å². The van der Waals surface area contributed by atoms with Crippen LogP contribution in [0.5, 0.6) is 0 Å². The van der Waals surface area contributed by atoms with Crippen LogP contribution in [0.4, 0.5) is 34.1 Å². The van der Waals surface area contributed by atoms with Gasteiger partial charge in [-0.15, -0.1) is 0 Å². The Morgan fingerprint density at radius 3 is 1.33 bits per heavy atom. The SMILES string of the molecule is c1ccc(-c2ccc3cc(N(c4ccccc4)c4ccc5c(c4)C4(c6ccccc6-c6ccc(N(c7ccccc7)c7ccc(C8CCCCC8)cc7)cc64)c4ccccc4-5)ccc3c2)cc1. The summed E-state index contributed by atoms with van der Waals surface area (Å²) in [5.41, 5.74) is 20.7. The van der Waals surface area contributed by atoms with Crippen molar-refractivity contribution in [2.45, 2.75) is 43.4 Å². The topological polar surface area (TPSA) is 6.48 Å². The van der Waals surface area contributed by atoms with E-state index in [2.05, 4.69) is 246 Å². The summed E-state index contributed by atoms with van der Waals surface area (Å²) in [7, 11) is 0. The van der Waals surface area contributed by atoms with E-state index >= 15 is 0 Å². The van der Waals surface area contributed by atoms with Crippen LogP contribution in [0.15, 0.2) is 237 Å².